The summed E-state index contributed by atoms with van der Waals surface area (Å²) in [6.07, 6.45) is 9.86. The van der Waals surface area contributed by atoms with Crippen molar-refractivity contribution in [3.8, 4) is 0 Å². The lowest BCUT2D eigenvalue weighted by atomic mass is 10.2. The van der Waals surface area contributed by atoms with Gasteiger partial charge >= 0.3 is 0 Å². The molecule has 2 N–H and O–H groups in total. The molecule has 0 atom stereocenters. The van der Waals surface area contributed by atoms with Crippen LogP contribution in [0.3, 0.4) is 0 Å². The Hall–Kier alpha value is -0.520. The second-order valence-electron chi connectivity index (χ2n) is 4.07. The number of rotatable bonds is 10. The number of hydrogen-bond acceptors (Lipinski definition) is 4. The highest BCUT2D eigenvalue weighted by atomic mass is 32.2. The normalized spacial score (nSPS) is 10.9. The number of unbranched alkanes of at least 4 members (excludes halogenated alkanes) is 2. The van der Waals surface area contributed by atoms with E-state index >= 15 is 0 Å². The fraction of sp³-hybridized carbons (Fsp3) is 0.750. The van der Waals surface area contributed by atoms with Gasteiger partial charge < -0.3 is 10.4 Å². The minimum absolute atomic E-state index is 0.143. The van der Waals surface area contributed by atoms with Crippen molar-refractivity contribution >= 4 is 11.8 Å². The highest BCUT2D eigenvalue weighted by Crippen LogP contribution is 2.02. The number of thioether (sulfide) groups is 1. The highest BCUT2D eigenvalue weighted by Gasteiger charge is 1.97. The van der Waals surface area contributed by atoms with Crippen LogP contribution in [0, 0.1) is 0 Å². The summed E-state index contributed by atoms with van der Waals surface area (Å²) in [4.78, 5) is 0. The maximum atomic E-state index is 8.77. The molecular weight excluding hydrogens is 234 g/mol. The lowest BCUT2D eigenvalue weighted by Gasteiger charge is -2.02. The monoisotopic (exact) mass is 257 g/mol. The predicted molar refractivity (Wildman–Crippen MR) is 73.3 cm³/mol. The fourth-order valence-corrected chi connectivity index (χ4v) is 2.12. The maximum Gasteiger partial charge on any atom is 0.0640 e. The van der Waals surface area contributed by atoms with Crippen molar-refractivity contribution in [3.05, 3.63) is 18.0 Å². The summed E-state index contributed by atoms with van der Waals surface area (Å²) in [6.45, 7) is 2.66. The zero-order valence-electron chi connectivity index (χ0n) is 10.6. The van der Waals surface area contributed by atoms with Crippen LogP contribution < -0.4 is 5.32 Å². The van der Waals surface area contributed by atoms with Crippen LogP contribution in [0.25, 0.3) is 0 Å². The Kier molecular flexibility index (Phi) is 8.13. The summed E-state index contributed by atoms with van der Waals surface area (Å²) >= 11 is 1.92. The minimum Gasteiger partial charge on any atom is -0.394 e. The Morgan fingerprint density at radius 3 is 3.06 bits per heavy atom. The quantitative estimate of drug-likeness (QED) is 0.624. The molecule has 0 aliphatic heterocycles. The summed E-state index contributed by atoms with van der Waals surface area (Å²) < 4.78 is 1.77. The van der Waals surface area contributed by atoms with Crippen LogP contribution in [0.5, 0.6) is 0 Å². The molecule has 1 aromatic rings. The van der Waals surface area contributed by atoms with E-state index in [2.05, 4.69) is 16.7 Å². The third-order valence-corrected chi connectivity index (χ3v) is 3.24. The molecule has 0 saturated carbocycles. The average molecular weight is 257 g/mol. The van der Waals surface area contributed by atoms with E-state index < -0.39 is 0 Å². The highest BCUT2D eigenvalue weighted by molar-refractivity contribution is 7.98. The van der Waals surface area contributed by atoms with Gasteiger partial charge in [-0.1, -0.05) is 6.42 Å². The molecule has 1 heterocycles. The summed E-state index contributed by atoms with van der Waals surface area (Å²) in [7, 11) is 0. The van der Waals surface area contributed by atoms with E-state index in [9.17, 15) is 0 Å². The minimum atomic E-state index is 0.143. The van der Waals surface area contributed by atoms with Gasteiger partial charge in [0, 0.05) is 18.3 Å². The Morgan fingerprint density at radius 1 is 1.41 bits per heavy atom. The zero-order valence-corrected chi connectivity index (χ0v) is 11.4. The Morgan fingerprint density at radius 2 is 2.29 bits per heavy atom. The van der Waals surface area contributed by atoms with Crippen LogP contribution in [0.1, 0.15) is 24.8 Å². The van der Waals surface area contributed by atoms with E-state index in [1.54, 1.807) is 4.68 Å². The van der Waals surface area contributed by atoms with Gasteiger partial charge in [-0.05, 0) is 31.4 Å². The molecule has 0 fully saturated rings. The lowest BCUT2D eigenvalue weighted by Crippen LogP contribution is -2.14. The largest absolute Gasteiger partial charge is 0.394 e. The number of nitrogens with zero attached hydrogens (tertiary/aromatic N) is 2. The lowest BCUT2D eigenvalue weighted by molar-refractivity contribution is 0.269. The van der Waals surface area contributed by atoms with Crippen molar-refractivity contribution in [3.63, 3.8) is 0 Å². The third-order valence-electron chi connectivity index (χ3n) is 2.55. The molecule has 98 valence electrons. The van der Waals surface area contributed by atoms with E-state index in [4.69, 9.17) is 5.11 Å². The van der Waals surface area contributed by atoms with Gasteiger partial charge in [-0.3, -0.25) is 4.68 Å². The molecule has 0 aliphatic rings. The molecule has 0 spiro atoms. The van der Waals surface area contributed by atoms with Crippen molar-refractivity contribution in [1.82, 2.24) is 15.1 Å². The number of nitrogens with one attached hydrogen (secondary N) is 1. The molecule has 1 rings (SSSR count). The maximum absolute atomic E-state index is 8.77. The smallest absolute Gasteiger partial charge is 0.0640 e. The topological polar surface area (TPSA) is 50.1 Å². The second-order valence-corrected chi connectivity index (χ2v) is 5.05. The fourth-order valence-electron chi connectivity index (χ4n) is 1.63. The molecule has 0 aromatic carbocycles. The van der Waals surface area contributed by atoms with Crippen LogP contribution in [0.4, 0.5) is 0 Å². The molecule has 0 saturated heterocycles. The van der Waals surface area contributed by atoms with Crippen molar-refractivity contribution < 1.29 is 5.11 Å². The molecular formula is C12H23N3OS. The van der Waals surface area contributed by atoms with Crippen LogP contribution in [0.2, 0.25) is 0 Å². The van der Waals surface area contributed by atoms with Crippen LogP contribution in [-0.2, 0) is 13.1 Å². The van der Waals surface area contributed by atoms with Gasteiger partial charge in [0.25, 0.3) is 0 Å². The molecule has 1 aromatic heterocycles. The molecule has 17 heavy (non-hydrogen) atoms. The first kappa shape index (κ1) is 14.5. The van der Waals surface area contributed by atoms with Gasteiger partial charge in [0.15, 0.2) is 0 Å². The molecule has 0 radical (unpaired) electrons. The number of aliphatic hydroxyl groups excluding tert-OH is 1. The molecule has 5 heteroatoms. The summed E-state index contributed by atoms with van der Waals surface area (Å²) in [5, 5.41) is 16.3. The summed E-state index contributed by atoms with van der Waals surface area (Å²) in [5.74, 6) is 1.27. The average Bonchev–Trinajstić information content (AvgIpc) is 2.76. The SMILES string of the molecule is CSCCCCCNCc1cnn(CCO)c1. The van der Waals surface area contributed by atoms with Gasteiger partial charge in [0.2, 0.25) is 0 Å². The Balaban J connectivity index is 2.01. The van der Waals surface area contributed by atoms with E-state index in [1.165, 1.54) is 30.6 Å². The number of hydrogen-bond donors (Lipinski definition) is 2. The van der Waals surface area contributed by atoms with Crippen LogP contribution in [0.15, 0.2) is 12.4 Å². The van der Waals surface area contributed by atoms with Gasteiger partial charge in [0.05, 0.1) is 19.3 Å². The van der Waals surface area contributed by atoms with Crippen molar-refractivity contribution in [2.45, 2.75) is 32.4 Å². The summed E-state index contributed by atoms with van der Waals surface area (Å²) in [5.41, 5.74) is 1.18. The standard InChI is InChI=1S/C12H23N3OS/c1-17-8-4-2-3-5-13-9-12-10-14-15(11-12)6-7-16/h10-11,13,16H,2-9H2,1H3. The van der Waals surface area contributed by atoms with E-state index in [0.29, 0.717) is 6.54 Å². The predicted octanol–water partition coefficient (Wildman–Crippen LogP) is 1.50. The first-order chi connectivity index (χ1) is 8.36. The van der Waals surface area contributed by atoms with Gasteiger partial charge in [0.1, 0.15) is 0 Å². The van der Waals surface area contributed by atoms with Crippen LogP contribution >= 0.6 is 11.8 Å². The van der Waals surface area contributed by atoms with Crippen LogP contribution in [-0.4, -0.2) is 40.0 Å². The molecule has 0 bridgehead atoms. The number of aromatic nitrogens is 2. The van der Waals surface area contributed by atoms with Crippen molar-refractivity contribution in [2.24, 2.45) is 0 Å². The molecule has 4 nitrogen and oxygen atoms in total. The first-order valence-electron chi connectivity index (χ1n) is 6.18. The van der Waals surface area contributed by atoms with Gasteiger partial charge in [-0.25, -0.2) is 0 Å². The van der Waals surface area contributed by atoms with Gasteiger partial charge in [-0.2, -0.15) is 16.9 Å². The Bertz CT molecular complexity index is 291. The van der Waals surface area contributed by atoms with Gasteiger partial charge in [-0.15, -0.1) is 0 Å². The van der Waals surface area contributed by atoms with Crippen molar-refractivity contribution in [1.29, 1.82) is 0 Å². The summed E-state index contributed by atoms with van der Waals surface area (Å²) in [6, 6.07) is 0. The Labute approximate surface area is 108 Å². The molecule has 0 amide bonds. The third kappa shape index (κ3) is 6.71. The van der Waals surface area contributed by atoms with Crippen molar-refractivity contribution in [2.75, 3.05) is 25.2 Å². The van der Waals surface area contributed by atoms with E-state index in [1.807, 2.05) is 24.2 Å². The molecule has 0 unspecified atom stereocenters. The first-order valence-corrected chi connectivity index (χ1v) is 7.58. The van der Waals surface area contributed by atoms with E-state index in [-0.39, 0.29) is 6.61 Å². The number of aliphatic hydroxyl groups is 1. The molecule has 0 aliphatic carbocycles. The van der Waals surface area contributed by atoms with E-state index in [0.717, 1.165) is 13.1 Å². The second kappa shape index (κ2) is 9.50. The zero-order chi connectivity index (χ0) is 12.3.